The molecule has 0 fully saturated rings. The zero-order valence-electron chi connectivity index (χ0n) is 9.59. The second-order valence-electron chi connectivity index (χ2n) is 4.53. The van der Waals surface area contributed by atoms with Gasteiger partial charge in [0.25, 0.3) is 0 Å². The van der Waals surface area contributed by atoms with Crippen molar-refractivity contribution in [3.63, 3.8) is 0 Å². The van der Waals surface area contributed by atoms with Crippen LogP contribution in [0, 0.1) is 0 Å². The highest BCUT2D eigenvalue weighted by Crippen LogP contribution is 2.46. The quantitative estimate of drug-likeness (QED) is 0.737. The Labute approximate surface area is 108 Å². The zero-order chi connectivity index (χ0) is 12.0. The summed E-state index contributed by atoms with van der Waals surface area (Å²) in [6, 6.07) is 1.92. The molecule has 0 N–H and O–H groups in total. The molecular weight excluding hydrogens is 284 g/mol. The lowest BCUT2D eigenvalue weighted by atomic mass is 9.82. The van der Waals surface area contributed by atoms with Gasteiger partial charge in [0.15, 0.2) is 17.3 Å². The predicted molar refractivity (Wildman–Crippen MR) is 67.1 cm³/mol. The van der Waals surface area contributed by atoms with E-state index >= 15 is 0 Å². The Morgan fingerprint density at radius 3 is 2.94 bits per heavy atom. The third-order valence-electron chi connectivity index (χ3n) is 3.40. The molecule has 0 bridgehead atoms. The maximum Gasteiger partial charge on any atom is 0.172 e. The van der Waals surface area contributed by atoms with Crippen molar-refractivity contribution < 1.29 is 14.3 Å². The first-order chi connectivity index (χ1) is 8.18. The summed E-state index contributed by atoms with van der Waals surface area (Å²) in [5.74, 6) is 1.88. The lowest BCUT2D eigenvalue weighted by Crippen LogP contribution is -2.22. The number of carbonyl (C=O) groups is 1. The molecule has 1 aliphatic carbocycles. The highest BCUT2D eigenvalue weighted by Gasteiger charge is 2.32. The average molecular weight is 297 g/mol. The number of Topliss-reactive ketones (excluding diaryl/α,β-unsaturated/α-hetero) is 1. The van der Waals surface area contributed by atoms with Gasteiger partial charge in [0.2, 0.25) is 0 Å². The second-order valence-corrected chi connectivity index (χ2v) is 5.39. The minimum absolute atomic E-state index is 0.168. The zero-order valence-corrected chi connectivity index (χ0v) is 11.2. The maximum absolute atomic E-state index is 12.1. The number of hydrogen-bond acceptors (Lipinski definition) is 3. The van der Waals surface area contributed by atoms with Gasteiger partial charge in [0, 0.05) is 10.9 Å². The molecule has 0 saturated heterocycles. The summed E-state index contributed by atoms with van der Waals surface area (Å²) >= 11 is 3.54. The molecule has 1 unspecified atom stereocenters. The molecule has 0 radical (unpaired) electrons. The van der Waals surface area contributed by atoms with Crippen LogP contribution in [0.4, 0.5) is 0 Å². The summed E-state index contributed by atoms with van der Waals surface area (Å²) in [5.41, 5.74) is 1.80. The number of carbonyl (C=O) groups excluding carboxylic acids is 1. The van der Waals surface area contributed by atoms with Crippen LogP contribution < -0.4 is 9.47 Å². The molecule has 1 aromatic carbocycles. The van der Waals surface area contributed by atoms with E-state index in [0.717, 1.165) is 22.0 Å². The molecule has 0 saturated carbocycles. The SMILES string of the molecule is CC1CCC(=O)c2c3c(cc(Br)c21)OCCO3. The van der Waals surface area contributed by atoms with E-state index in [4.69, 9.17) is 9.47 Å². The molecule has 3 rings (SSSR count). The molecule has 2 aliphatic rings. The van der Waals surface area contributed by atoms with Gasteiger partial charge in [0.1, 0.15) is 13.2 Å². The first kappa shape index (κ1) is 11.1. The van der Waals surface area contributed by atoms with E-state index in [2.05, 4.69) is 22.9 Å². The van der Waals surface area contributed by atoms with Gasteiger partial charge < -0.3 is 9.47 Å². The van der Waals surface area contributed by atoms with Crippen LogP contribution >= 0.6 is 15.9 Å². The van der Waals surface area contributed by atoms with Crippen molar-refractivity contribution >= 4 is 21.7 Å². The Bertz CT molecular complexity index is 496. The van der Waals surface area contributed by atoms with Gasteiger partial charge in [-0.25, -0.2) is 0 Å². The van der Waals surface area contributed by atoms with Gasteiger partial charge in [-0.15, -0.1) is 0 Å². The number of ether oxygens (including phenoxy) is 2. The Kier molecular flexibility index (Phi) is 2.62. The fraction of sp³-hybridized carbons (Fsp3) is 0.462. The molecule has 17 heavy (non-hydrogen) atoms. The van der Waals surface area contributed by atoms with Crippen molar-refractivity contribution in [2.75, 3.05) is 13.2 Å². The number of fused-ring (bicyclic) bond motifs is 3. The first-order valence-electron chi connectivity index (χ1n) is 5.83. The maximum atomic E-state index is 12.1. The fourth-order valence-electron chi connectivity index (χ4n) is 2.54. The van der Waals surface area contributed by atoms with Crippen LogP contribution in [0.2, 0.25) is 0 Å². The van der Waals surface area contributed by atoms with Crippen molar-refractivity contribution in [3.05, 3.63) is 21.7 Å². The van der Waals surface area contributed by atoms with Crippen LogP contribution in [0.1, 0.15) is 41.6 Å². The smallest absolute Gasteiger partial charge is 0.172 e. The summed E-state index contributed by atoms with van der Waals surface area (Å²) < 4.78 is 12.1. The van der Waals surface area contributed by atoms with Crippen LogP contribution in [0.3, 0.4) is 0 Å². The van der Waals surface area contributed by atoms with E-state index < -0.39 is 0 Å². The Balaban J connectivity index is 2.28. The minimum Gasteiger partial charge on any atom is -0.486 e. The summed E-state index contributed by atoms with van der Waals surface area (Å²) in [4.78, 5) is 12.1. The Morgan fingerprint density at radius 1 is 1.35 bits per heavy atom. The number of ketones is 1. The molecule has 3 nitrogen and oxygen atoms in total. The van der Waals surface area contributed by atoms with Crippen molar-refractivity contribution in [3.8, 4) is 11.5 Å². The Hall–Kier alpha value is -1.03. The monoisotopic (exact) mass is 296 g/mol. The van der Waals surface area contributed by atoms with Gasteiger partial charge >= 0.3 is 0 Å². The van der Waals surface area contributed by atoms with Crippen LogP contribution in [-0.4, -0.2) is 19.0 Å². The van der Waals surface area contributed by atoms with E-state index in [-0.39, 0.29) is 5.78 Å². The van der Waals surface area contributed by atoms with E-state index in [1.807, 2.05) is 6.07 Å². The molecule has 90 valence electrons. The molecule has 1 aliphatic heterocycles. The molecular formula is C13H13BrO3. The van der Waals surface area contributed by atoms with Crippen molar-refractivity contribution in [2.45, 2.75) is 25.7 Å². The van der Waals surface area contributed by atoms with Crippen molar-refractivity contribution in [1.29, 1.82) is 0 Å². The lowest BCUT2D eigenvalue weighted by molar-refractivity contribution is 0.0955. The van der Waals surface area contributed by atoms with E-state index in [9.17, 15) is 4.79 Å². The lowest BCUT2D eigenvalue weighted by Gasteiger charge is -2.28. The fourth-order valence-corrected chi connectivity index (χ4v) is 3.34. The van der Waals surface area contributed by atoms with E-state index in [1.54, 1.807) is 0 Å². The van der Waals surface area contributed by atoms with Crippen molar-refractivity contribution in [2.24, 2.45) is 0 Å². The second kappa shape index (κ2) is 4.02. The normalized spacial score (nSPS) is 22.2. The third-order valence-corrected chi connectivity index (χ3v) is 4.05. The van der Waals surface area contributed by atoms with Gasteiger partial charge in [-0.3, -0.25) is 4.79 Å². The summed E-state index contributed by atoms with van der Waals surface area (Å²) in [5, 5.41) is 0. The molecule has 1 heterocycles. The molecule has 0 spiro atoms. The predicted octanol–water partition coefficient (Wildman–Crippen LogP) is 3.30. The van der Waals surface area contributed by atoms with Gasteiger partial charge in [-0.05, 0) is 24.0 Å². The largest absolute Gasteiger partial charge is 0.486 e. The van der Waals surface area contributed by atoms with E-state index in [0.29, 0.717) is 37.1 Å². The standard InChI is InChI=1S/C13H13BrO3/c1-7-2-3-9(15)12-11(7)8(14)6-10-13(12)17-5-4-16-10/h6-7H,2-5H2,1H3. The van der Waals surface area contributed by atoms with Crippen molar-refractivity contribution in [1.82, 2.24) is 0 Å². The first-order valence-corrected chi connectivity index (χ1v) is 6.63. The molecule has 4 heteroatoms. The third kappa shape index (κ3) is 1.66. The minimum atomic E-state index is 0.168. The topological polar surface area (TPSA) is 35.5 Å². The number of benzene rings is 1. The average Bonchev–Trinajstić information content (AvgIpc) is 2.33. The van der Waals surface area contributed by atoms with Gasteiger partial charge in [0.05, 0.1) is 5.56 Å². The van der Waals surface area contributed by atoms with Crippen LogP contribution in [0.25, 0.3) is 0 Å². The molecule has 1 aromatic rings. The van der Waals surface area contributed by atoms with Crippen LogP contribution in [0.15, 0.2) is 10.5 Å². The van der Waals surface area contributed by atoms with E-state index in [1.165, 1.54) is 0 Å². The number of hydrogen-bond donors (Lipinski definition) is 0. The van der Waals surface area contributed by atoms with Gasteiger partial charge in [-0.2, -0.15) is 0 Å². The molecule has 0 aromatic heterocycles. The number of rotatable bonds is 0. The molecule has 1 atom stereocenters. The summed E-state index contributed by atoms with van der Waals surface area (Å²) in [6.45, 7) is 3.21. The summed E-state index contributed by atoms with van der Waals surface area (Å²) in [6.07, 6.45) is 1.50. The Morgan fingerprint density at radius 2 is 2.12 bits per heavy atom. The highest BCUT2D eigenvalue weighted by atomic mass is 79.9. The summed E-state index contributed by atoms with van der Waals surface area (Å²) in [7, 11) is 0. The molecule has 0 amide bonds. The van der Waals surface area contributed by atoms with Crippen LogP contribution in [-0.2, 0) is 0 Å². The number of halogens is 1. The van der Waals surface area contributed by atoms with Gasteiger partial charge in [-0.1, -0.05) is 22.9 Å². The highest BCUT2D eigenvalue weighted by molar-refractivity contribution is 9.10. The van der Waals surface area contributed by atoms with Crippen LogP contribution in [0.5, 0.6) is 11.5 Å².